The van der Waals surface area contributed by atoms with Gasteiger partial charge in [0.25, 0.3) is 18.9 Å². The first kappa shape index (κ1) is 49.5. The van der Waals surface area contributed by atoms with Crippen molar-refractivity contribution in [2.45, 2.75) is 110 Å². The highest BCUT2D eigenvalue weighted by Crippen LogP contribution is 2.56. The summed E-state index contributed by atoms with van der Waals surface area (Å²) in [5.74, 6) is -2.32. The minimum absolute atomic E-state index is 0.0389. The van der Waals surface area contributed by atoms with Crippen molar-refractivity contribution in [3.63, 3.8) is 0 Å². The number of nitro benzene ring substituents is 2. The number of benzene rings is 2. The number of thioether (sulfide) groups is 1. The average Bonchev–Trinajstić information content (AvgIpc) is 3.66. The number of hydrogen-bond acceptors (Lipinski definition) is 15. The molecule has 2 amide bonds. The molecule has 336 valence electrons. The quantitative estimate of drug-likeness (QED) is 0.0309. The summed E-state index contributed by atoms with van der Waals surface area (Å²) in [6.45, 7) is 17.5. The molecule has 1 unspecified atom stereocenters. The molecule has 2 aliphatic heterocycles. The molecule has 0 N–H and O–H groups in total. The molecule has 21 heteroatoms. The third-order valence-electron chi connectivity index (χ3n) is 10.7. The lowest BCUT2D eigenvalue weighted by atomic mass is 9.81. The maximum atomic E-state index is 14.6. The van der Waals surface area contributed by atoms with Gasteiger partial charge in [-0.3, -0.25) is 34.7 Å². The number of ether oxygens (including phenoxy) is 2. The molecule has 4 rings (SSSR count). The van der Waals surface area contributed by atoms with Crippen molar-refractivity contribution < 1.29 is 56.5 Å². The van der Waals surface area contributed by atoms with E-state index in [1.54, 1.807) is 27.7 Å². The van der Waals surface area contributed by atoms with Crippen LogP contribution in [-0.4, -0.2) is 107 Å². The molecule has 0 bridgehead atoms. The number of β-lactam (4-membered cyclic amide) rings is 1. The van der Waals surface area contributed by atoms with E-state index in [-0.39, 0.29) is 78.2 Å². The van der Waals surface area contributed by atoms with E-state index in [4.69, 9.17) is 27.5 Å². The van der Waals surface area contributed by atoms with Crippen LogP contribution < -0.4 is 0 Å². The second kappa shape index (κ2) is 21.3. The van der Waals surface area contributed by atoms with Crippen molar-refractivity contribution >= 4 is 67.5 Å². The summed E-state index contributed by atoms with van der Waals surface area (Å²) in [6, 6.07) is 10.3. The normalized spacial score (nSPS) is 18.6. The van der Waals surface area contributed by atoms with Gasteiger partial charge in [-0.25, -0.2) is 9.59 Å². The highest BCUT2D eigenvalue weighted by Gasteiger charge is 2.58. The molecule has 4 atom stereocenters. The first-order valence-corrected chi connectivity index (χ1v) is 25.5. The Labute approximate surface area is 361 Å². The number of hydrogen-bond donors (Lipinski definition) is 0. The first-order valence-electron chi connectivity index (χ1n) is 20.1. The lowest BCUT2D eigenvalue weighted by Crippen LogP contribution is -2.69. The van der Waals surface area contributed by atoms with Crippen molar-refractivity contribution in [2.24, 2.45) is 5.92 Å². The van der Waals surface area contributed by atoms with Gasteiger partial charge in [0.15, 0.2) is 13.4 Å². The van der Waals surface area contributed by atoms with E-state index in [1.165, 1.54) is 58.3 Å². The zero-order valence-electron chi connectivity index (χ0n) is 36.2. The zero-order chi connectivity index (χ0) is 45.3. The van der Waals surface area contributed by atoms with Gasteiger partial charge in [0.1, 0.15) is 13.2 Å². The zero-order valence-corrected chi connectivity index (χ0v) is 38.9. The van der Waals surface area contributed by atoms with Crippen molar-refractivity contribution in [3.8, 4) is 0 Å². The second-order valence-electron chi connectivity index (χ2n) is 16.0. The van der Waals surface area contributed by atoms with Crippen molar-refractivity contribution in [1.29, 1.82) is 0 Å². The van der Waals surface area contributed by atoms with E-state index in [9.17, 15) is 39.4 Å². The van der Waals surface area contributed by atoms with E-state index in [1.807, 2.05) is 0 Å². The summed E-state index contributed by atoms with van der Waals surface area (Å²) in [5, 5.41) is 21.4. The molecule has 2 heterocycles. The highest BCUT2D eigenvalue weighted by molar-refractivity contribution is 8.14. The SMILES string of the molecule is CCOP(OCC)(OCC)=C(C(=O)OCc1ccc([N+](=O)[O-])cc1)N1C(=O)[C@H]([C@@H](C)O[Si](C)(C)C(C)(C)C)[C@H]1CC(=O)SC1CCN(C(=O)OCc2ccc([N+](=O)[O-])cc2)C1. The van der Waals surface area contributed by atoms with Crippen LogP contribution in [0.3, 0.4) is 0 Å². The van der Waals surface area contributed by atoms with Crippen molar-refractivity contribution in [1.82, 2.24) is 9.80 Å². The number of likely N-dealkylation sites (tertiary alicyclic amines) is 2. The molecule has 61 heavy (non-hydrogen) atoms. The number of esters is 1. The maximum absolute atomic E-state index is 14.6. The summed E-state index contributed by atoms with van der Waals surface area (Å²) in [4.78, 5) is 79.9. The highest BCUT2D eigenvalue weighted by atomic mass is 32.2. The molecule has 0 spiro atoms. The Morgan fingerprint density at radius 3 is 1.82 bits per heavy atom. The molecule has 0 aromatic heterocycles. The molecule has 18 nitrogen and oxygen atoms in total. The van der Waals surface area contributed by atoms with Gasteiger partial charge in [-0.05, 0) is 87.6 Å². The monoisotopic (exact) mass is 908 g/mol. The molecule has 0 saturated carbocycles. The number of carbonyl (C=O) groups excluding carboxylic acids is 4. The number of non-ortho nitro benzene ring substituents is 2. The predicted molar refractivity (Wildman–Crippen MR) is 232 cm³/mol. The fraction of sp³-hybridized carbons (Fsp3) is 0.575. The lowest BCUT2D eigenvalue weighted by molar-refractivity contribution is -0.385. The van der Waals surface area contributed by atoms with E-state index < -0.39 is 61.8 Å². The van der Waals surface area contributed by atoms with Crippen LogP contribution in [0.1, 0.15) is 72.4 Å². The summed E-state index contributed by atoms with van der Waals surface area (Å²) in [7, 11) is -6.28. The van der Waals surface area contributed by atoms with Crippen LogP contribution in [0.5, 0.6) is 0 Å². The number of nitro groups is 2. The van der Waals surface area contributed by atoms with Crippen LogP contribution in [0.25, 0.3) is 0 Å². The number of nitrogens with zero attached hydrogens (tertiary/aromatic N) is 4. The molecule has 2 fully saturated rings. The predicted octanol–water partition coefficient (Wildman–Crippen LogP) is 7.85. The Kier molecular flexibility index (Phi) is 17.3. The Balaban J connectivity index is 1.62. The Hall–Kier alpha value is -4.17. The van der Waals surface area contributed by atoms with Gasteiger partial charge in [0.2, 0.25) is 11.3 Å². The standard InChI is InChI=1S/C40H57N4O14PSSi/c1-10-55-59(56-11-2,57-12-3)37(38(47)53-25-28-13-17-30(18-14-28)43(49)50)42-33(35(36(42)46)27(4)58-61(8,9)40(5,6)7)23-34(45)60-32-21-22-41(24-32)39(48)54-26-29-15-19-31(20-16-29)44(51)52/h13-20,27,32-33,35H,10-12,21-26H2,1-9H3/t27-,32?,33-,35-/m1/s1. The van der Waals surface area contributed by atoms with Crippen molar-refractivity contribution in [3.05, 3.63) is 79.9 Å². The van der Waals surface area contributed by atoms with Crippen LogP contribution >= 0.6 is 19.3 Å². The average molecular weight is 909 g/mol. The molecule has 2 aromatic rings. The van der Waals surface area contributed by atoms with Crippen LogP contribution in [-0.2, 0) is 55.1 Å². The fourth-order valence-electron chi connectivity index (χ4n) is 6.69. The lowest BCUT2D eigenvalue weighted by Gasteiger charge is -2.52. The smallest absolute Gasteiger partial charge is 0.410 e. The second-order valence-corrected chi connectivity index (χ2v) is 24.3. The van der Waals surface area contributed by atoms with Gasteiger partial charge in [-0.15, -0.1) is 0 Å². The molecular weight excluding hydrogens is 852 g/mol. The van der Waals surface area contributed by atoms with E-state index >= 15 is 0 Å². The summed E-state index contributed by atoms with van der Waals surface area (Å²) < 4.78 is 36.4. The minimum atomic E-state index is -3.83. The number of carbonyl (C=O) groups is 4. The Bertz CT molecular complexity index is 1950. The van der Waals surface area contributed by atoms with Gasteiger partial charge in [0.05, 0.1) is 47.7 Å². The molecular formula is C40H57N4O14PSSi. The summed E-state index contributed by atoms with van der Waals surface area (Å²) in [6.07, 6.45) is -0.950. The molecule has 0 radical (unpaired) electrons. The number of rotatable bonds is 20. The first-order chi connectivity index (χ1) is 28.7. The molecule has 2 aromatic carbocycles. The summed E-state index contributed by atoms with van der Waals surface area (Å²) >= 11 is 1.05. The van der Waals surface area contributed by atoms with E-state index in [2.05, 4.69) is 33.9 Å². The minimum Gasteiger partial charge on any atom is -0.456 e. The summed E-state index contributed by atoms with van der Waals surface area (Å²) in [5.41, 5.74) is 0.505. The third kappa shape index (κ3) is 12.3. The van der Waals surface area contributed by atoms with Crippen LogP contribution in [0.4, 0.5) is 16.2 Å². The largest absolute Gasteiger partial charge is 0.456 e. The van der Waals surface area contributed by atoms with Gasteiger partial charge in [-0.2, -0.15) is 0 Å². The molecule has 0 aliphatic carbocycles. The van der Waals surface area contributed by atoms with Crippen LogP contribution in [0.2, 0.25) is 18.1 Å². The topological polar surface area (TPSA) is 216 Å². The fourth-order valence-corrected chi connectivity index (χ4v) is 11.7. The number of amides is 2. The Morgan fingerprint density at radius 1 is 0.869 bits per heavy atom. The van der Waals surface area contributed by atoms with Crippen LogP contribution in [0.15, 0.2) is 48.5 Å². The third-order valence-corrected chi connectivity index (χ3v) is 19.2. The van der Waals surface area contributed by atoms with E-state index in [0.717, 1.165) is 11.8 Å². The van der Waals surface area contributed by atoms with Gasteiger partial charge in [-0.1, -0.05) is 32.5 Å². The van der Waals surface area contributed by atoms with Crippen LogP contribution in [0, 0.1) is 26.1 Å². The maximum Gasteiger partial charge on any atom is 0.410 e. The van der Waals surface area contributed by atoms with Gasteiger partial charge < -0.3 is 32.4 Å². The van der Waals surface area contributed by atoms with Gasteiger partial charge >= 0.3 is 12.1 Å². The Morgan fingerprint density at radius 2 is 1.36 bits per heavy atom. The van der Waals surface area contributed by atoms with Gasteiger partial charge in [0, 0.05) is 49.0 Å². The molecule has 2 saturated heterocycles. The van der Waals surface area contributed by atoms with Crippen molar-refractivity contribution in [2.75, 3.05) is 32.9 Å². The molecule has 2 aliphatic rings. The van der Waals surface area contributed by atoms with E-state index in [0.29, 0.717) is 24.1 Å².